The molecule has 1 saturated heterocycles. The van der Waals surface area contributed by atoms with Crippen LogP contribution in [-0.2, 0) is 9.53 Å². The molecule has 2 aliphatic carbocycles. The van der Waals surface area contributed by atoms with Crippen LogP contribution in [-0.4, -0.2) is 19.5 Å². The van der Waals surface area contributed by atoms with Crippen molar-refractivity contribution in [2.45, 2.75) is 64.9 Å². The summed E-state index contributed by atoms with van der Waals surface area (Å²) in [6.07, 6.45) is 8.79. The maximum atomic E-state index is 12.1. The van der Waals surface area contributed by atoms with Gasteiger partial charge in [-0.3, -0.25) is 4.79 Å². The number of carbonyl (C=O) groups is 1. The third-order valence-corrected chi connectivity index (χ3v) is 7.31. The summed E-state index contributed by atoms with van der Waals surface area (Å²) in [6, 6.07) is 8.33. The Morgan fingerprint density at radius 1 is 1.16 bits per heavy atom. The number of unbranched alkanes of at least 4 members (excludes halogenated alkanes) is 1. The minimum Gasteiger partial charge on any atom is -0.497 e. The Hall–Kier alpha value is -2.31. The van der Waals surface area contributed by atoms with Crippen molar-refractivity contribution in [2.24, 2.45) is 17.8 Å². The average molecular weight is 419 g/mol. The van der Waals surface area contributed by atoms with Crippen LogP contribution >= 0.6 is 0 Å². The maximum absolute atomic E-state index is 12.1. The van der Waals surface area contributed by atoms with Gasteiger partial charge in [-0.05, 0) is 97.3 Å². The lowest BCUT2D eigenvalue weighted by atomic mass is 9.66. The van der Waals surface area contributed by atoms with Crippen molar-refractivity contribution < 1.29 is 14.3 Å². The van der Waals surface area contributed by atoms with E-state index in [4.69, 9.17) is 9.47 Å². The number of allylic oxidation sites excluding steroid dienone is 3. The van der Waals surface area contributed by atoms with Crippen LogP contribution in [0, 0.1) is 29.6 Å². The number of ketones is 1. The van der Waals surface area contributed by atoms with E-state index in [0.29, 0.717) is 24.2 Å². The molecule has 1 fully saturated rings. The van der Waals surface area contributed by atoms with E-state index in [9.17, 15) is 4.79 Å². The lowest BCUT2D eigenvalue weighted by Gasteiger charge is -2.38. The molecule has 0 amide bonds. The molecule has 0 saturated carbocycles. The molecule has 1 aliphatic heterocycles. The fourth-order valence-corrected chi connectivity index (χ4v) is 5.75. The van der Waals surface area contributed by atoms with Gasteiger partial charge in [0.05, 0.1) is 13.7 Å². The van der Waals surface area contributed by atoms with Crippen molar-refractivity contribution >= 4 is 5.78 Å². The number of hydrogen-bond donors (Lipinski definition) is 0. The van der Waals surface area contributed by atoms with E-state index in [1.165, 1.54) is 28.7 Å². The predicted octanol–water partition coefficient (Wildman–Crippen LogP) is 6.21. The second-order valence-electron chi connectivity index (χ2n) is 9.16. The highest BCUT2D eigenvalue weighted by atomic mass is 16.5. The average Bonchev–Trinajstić information content (AvgIpc) is 2.93. The van der Waals surface area contributed by atoms with Crippen molar-refractivity contribution in [1.82, 2.24) is 0 Å². The molecule has 2 unspecified atom stereocenters. The lowest BCUT2D eigenvalue weighted by molar-refractivity contribution is -0.114. The van der Waals surface area contributed by atoms with E-state index in [0.717, 1.165) is 44.5 Å². The first-order chi connectivity index (χ1) is 15.1. The third-order valence-electron chi connectivity index (χ3n) is 7.31. The highest BCUT2D eigenvalue weighted by Gasteiger charge is 2.41. The van der Waals surface area contributed by atoms with Gasteiger partial charge in [0, 0.05) is 12.8 Å². The molecule has 0 radical (unpaired) electrons. The van der Waals surface area contributed by atoms with Crippen LogP contribution in [0.1, 0.15) is 70.5 Å². The zero-order chi connectivity index (χ0) is 21.8. The molecule has 0 N–H and O–H groups in total. The molecule has 31 heavy (non-hydrogen) atoms. The molecule has 3 nitrogen and oxygen atoms in total. The Bertz CT molecular complexity index is 925. The van der Waals surface area contributed by atoms with E-state index in [-0.39, 0.29) is 11.9 Å². The molecule has 3 aliphatic rings. The standard InChI is InChI=1S/C28H34O3/c1-4-5-6-7-8-24-19(2)18-31-28(20-9-13-23(30-3)14-10-20)27-25-16-12-22(29)17-21(25)11-15-26(24)27/h9-10,13-14,17,19,24,26,28H,6-8,11-12,15-16,18H2,1-3H3/t19-,24?,26?,28+/m1/s1. The van der Waals surface area contributed by atoms with Crippen LogP contribution in [0.25, 0.3) is 0 Å². The first-order valence-corrected chi connectivity index (χ1v) is 11.7. The number of ether oxygens (including phenoxy) is 2. The Balaban J connectivity index is 1.75. The Morgan fingerprint density at radius 3 is 2.71 bits per heavy atom. The summed E-state index contributed by atoms with van der Waals surface area (Å²) in [5.74, 6) is 9.03. The van der Waals surface area contributed by atoms with E-state index in [1.807, 2.05) is 25.1 Å². The lowest BCUT2D eigenvalue weighted by Crippen LogP contribution is -2.28. The van der Waals surface area contributed by atoms with Gasteiger partial charge in [-0.15, -0.1) is 11.8 Å². The van der Waals surface area contributed by atoms with Gasteiger partial charge < -0.3 is 9.47 Å². The second kappa shape index (κ2) is 9.88. The number of carbonyl (C=O) groups excluding carboxylic acids is 1. The summed E-state index contributed by atoms with van der Waals surface area (Å²) in [6.45, 7) is 5.04. The van der Waals surface area contributed by atoms with E-state index in [2.05, 4.69) is 30.9 Å². The molecule has 4 rings (SSSR count). The molecule has 1 aromatic rings. The molecule has 1 aromatic carbocycles. The van der Waals surface area contributed by atoms with Gasteiger partial charge in [0.2, 0.25) is 0 Å². The van der Waals surface area contributed by atoms with E-state index >= 15 is 0 Å². The number of fused-ring (bicyclic) bond motifs is 2. The van der Waals surface area contributed by atoms with Gasteiger partial charge in [-0.1, -0.05) is 19.1 Å². The van der Waals surface area contributed by atoms with Crippen LogP contribution in [0.2, 0.25) is 0 Å². The van der Waals surface area contributed by atoms with Crippen molar-refractivity contribution in [3.05, 3.63) is 52.6 Å². The fraction of sp³-hybridized carbons (Fsp3) is 0.536. The highest BCUT2D eigenvalue weighted by Crippen LogP contribution is 2.52. The van der Waals surface area contributed by atoms with E-state index < -0.39 is 0 Å². The van der Waals surface area contributed by atoms with Gasteiger partial charge in [-0.2, -0.15) is 0 Å². The third kappa shape index (κ3) is 4.65. The molecule has 3 heteroatoms. The molecule has 0 bridgehead atoms. The largest absolute Gasteiger partial charge is 0.497 e. The number of hydrogen-bond acceptors (Lipinski definition) is 3. The predicted molar refractivity (Wildman–Crippen MR) is 124 cm³/mol. The molecule has 4 atom stereocenters. The minimum absolute atomic E-state index is 0.0364. The van der Waals surface area contributed by atoms with Crippen LogP contribution < -0.4 is 4.74 Å². The van der Waals surface area contributed by atoms with Crippen LogP contribution in [0.4, 0.5) is 0 Å². The molecular formula is C28H34O3. The van der Waals surface area contributed by atoms with Crippen molar-refractivity contribution in [3.8, 4) is 17.6 Å². The molecule has 0 spiro atoms. The Kier molecular flexibility index (Phi) is 6.98. The molecular weight excluding hydrogens is 384 g/mol. The Labute approximate surface area is 186 Å². The maximum Gasteiger partial charge on any atom is 0.156 e. The SMILES string of the molecule is CC#CCCCC1C2CCC3=CC(=O)CCC3=C2[C@H](c2ccc(OC)cc2)OC[C@H]1C. The topological polar surface area (TPSA) is 35.5 Å². The zero-order valence-corrected chi connectivity index (χ0v) is 19.1. The second-order valence-corrected chi connectivity index (χ2v) is 9.16. The van der Waals surface area contributed by atoms with Gasteiger partial charge in [0.1, 0.15) is 11.9 Å². The van der Waals surface area contributed by atoms with E-state index in [1.54, 1.807) is 7.11 Å². The van der Waals surface area contributed by atoms with Gasteiger partial charge in [0.15, 0.2) is 5.78 Å². The van der Waals surface area contributed by atoms with Gasteiger partial charge >= 0.3 is 0 Å². The molecule has 164 valence electrons. The smallest absolute Gasteiger partial charge is 0.156 e. The molecule has 1 heterocycles. The summed E-state index contributed by atoms with van der Waals surface area (Å²) in [5, 5.41) is 0. The molecule has 0 aromatic heterocycles. The quantitative estimate of drug-likeness (QED) is 0.421. The van der Waals surface area contributed by atoms with Crippen molar-refractivity contribution in [1.29, 1.82) is 0 Å². The number of methoxy groups -OCH3 is 1. The Morgan fingerprint density at radius 2 is 1.97 bits per heavy atom. The summed E-state index contributed by atoms with van der Waals surface area (Å²) in [7, 11) is 1.70. The highest BCUT2D eigenvalue weighted by molar-refractivity contribution is 5.93. The summed E-state index contributed by atoms with van der Waals surface area (Å²) in [5.41, 5.74) is 5.31. The van der Waals surface area contributed by atoms with Gasteiger partial charge in [-0.25, -0.2) is 0 Å². The first kappa shape index (κ1) is 21.9. The zero-order valence-electron chi connectivity index (χ0n) is 19.1. The summed E-state index contributed by atoms with van der Waals surface area (Å²) < 4.78 is 12.0. The van der Waals surface area contributed by atoms with Gasteiger partial charge in [0.25, 0.3) is 0 Å². The van der Waals surface area contributed by atoms with Crippen LogP contribution in [0.3, 0.4) is 0 Å². The van der Waals surface area contributed by atoms with Crippen molar-refractivity contribution in [2.75, 3.05) is 13.7 Å². The first-order valence-electron chi connectivity index (χ1n) is 11.7. The van der Waals surface area contributed by atoms with Crippen molar-refractivity contribution in [3.63, 3.8) is 0 Å². The fourth-order valence-electron chi connectivity index (χ4n) is 5.75. The van der Waals surface area contributed by atoms with Crippen LogP contribution in [0.5, 0.6) is 5.75 Å². The minimum atomic E-state index is -0.0364. The summed E-state index contributed by atoms with van der Waals surface area (Å²) >= 11 is 0. The monoisotopic (exact) mass is 418 g/mol. The number of rotatable bonds is 5. The van der Waals surface area contributed by atoms with Crippen LogP contribution in [0.15, 0.2) is 47.1 Å². The normalized spacial score (nSPS) is 28.0. The summed E-state index contributed by atoms with van der Waals surface area (Å²) in [4.78, 5) is 12.1. The number of benzene rings is 1.